The van der Waals surface area contributed by atoms with E-state index in [4.69, 9.17) is 5.73 Å². The maximum absolute atomic E-state index is 10.5. The van der Waals surface area contributed by atoms with Crippen LogP contribution in [0, 0.1) is 11.8 Å². The van der Waals surface area contributed by atoms with Gasteiger partial charge in [-0.2, -0.15) is 0 Å². The summed E-state index contributed by atoms with van der Waals surface area (Å²) in [6.45, 7) is 9.27. The molecule has 0 atom stereocenters. The van der Waals surface area contributed by atoms with Crippen LogP contribution >= 0.6 is 0 Å². The topological polar surface area (TPSA) is 60.2 Å². The summed E-state index contributed by atoms with van der Waals surface area (Å²) in [4.78, 5) is 20.4. The van der Waals surface area contributed by atoms with Crippen LogP contribution in [0.4, 0.5) is 0 Å². The molecule has 0 bridgehead atoms. The van der Waals surface area contributed by atoms with Gasteiger partial charge in [0.1, 0.15) is 5.78 Å². The molecule has 0 radical (unpaired) electrons. The number of nitrogens with two attached hydrogens (primary N) is 1. The van der Waals surface area contributed by atoms with Crippen LogP contribution in [0.2, 0.25) is 0 Å². The molecule has 0 saturated heterocycles. The number of carbonyl (C=O) groups excluding carboxylic acids is 2. The van der Waals surface area contributed by atoms with Gasteiger partial charge in [-0.1, -0.05) is 34.6 Å². The summed E-state index contributed by atoms with van der Waals surface area (Å²) in [7, 11) is 0. The number of ketones is 1. The van der Waals surface area contributed by atoms with Crippen molar-refractivity contribution in [1.82, 2.24) is 0 Å². The van der Waals surface area contributed by atoms with E-state index in [1.54, 1.807) is 13.8 Å². The number of Topliss-reactive ketones (excluding diaryl/α,β-unsaturated/α-hetero) is 1. The second-order valence-corrected chi connectivity index (χ2v) is 3.53. The number of carbonyl (C=O) groups is 2. The van der Waals surface area contributed by atoms with E-state index in [0.29, 0.717) is 12.2 Å². The largest absolute Gasteiger partial charge is 0.369 e. The average Bonchev–Trinajstić information content (AvgIpc) is 2.03. The van der Waals surface area contributed by atoms with E-state index in [2.05, 4.69) is 0 Å². The van der Waals surface area contributed by atoms with Gasteiger partial charge in [0.2, 0.25) is 5.91 Å². The maximum Gasteiger partial charge on any atom is 0.219 e. The van der Waals surface area contributed by atoms with Crippen molar-refractivity contribution < 1.29 is 9.59 Å². The van der Waals surface area contributed by atoms with Gasteiger partial charge in [0, 0.05) is 18.3 Å². The van der Waals surface area contributed by atoms with Crippen LogP contribution in [0.5, 0.6) is 0 Å². The zero-order valence-corrected chi connectivity index (χ0v) is 9.26. The molecule has 0 aliphatic rings. The predicted molar refractivity (Wildman–Crippen MR) is 54.2 cm³/mol. The zero-order valence-electron chi connectivity index (χ0n) is 9.26. The molecule has 78 valence electrons. The minimum Gasteiger partial charge on any atom is -0.369 e. The van der Waals surface area contributed by atoms with Crippen molar-refractivity contribution in [1.29, 1.82) is 0 Å². The van der Waals surface area contributed by atoms with Crippen molar-refractivity contribution in [2.24, 2.45) is 17.6 Å². The molecule has 0 spiro atoms. The van der Waals surface area contributed by atoms with Crippen LogP contribution in [0.3, 0.4) is 0 Å². The number of hydrogen-bond donors (Lipinski definition) is 1. The van der Waals surface area contributed by atoms with E-state index in [0.717, 1.165) is 0 Å². The Balaban J connectivity index is 0. The summed E-state index contributed by atoms with van der Waals surface area (Å²) >= 11 is 0. The molecule has 3 nitrogen and oxygen atoms in total. The number of rotatable bonds is 3. The van der Waals surface area contributed by atoms with Crippen LogP contribution < -0.4 is 5.73 Å². The second kappa shape index (κ2) is 7.77. The Hall–Kier alpha value is -0.860. The van der Waals surface area contributed by atoms with Crippen LogP contribution in [-0.4, -0.2) is 11.7 Å². The summed E-state index contributed by atoms with van der Waals surface area (Å²) in [6.07, 6.45) is 0.678. The normalized spacial score (nSPS) is 9.46. The lowest BCUT2D eigenvalue weighted by Gasteiger charge is -1.96. The molecule has 0 aromatic rings. The van der Waals surface area contributed by atoms with Crippen molar-refractivity contribution in [3.05, 3.63) is 0 Å². The van der Waals surface area contributed by atoms with E-state index < -0.39 is 0 Å². The second-order valence-electron chi connectivity index (χ2n) is 3.53. The SMILES string of the molecule is CC(C)C(N)=O.CCC(=O)C(C)C. The highest BCUT2D eigenvalue weighted by Crippen LogP contribution is 1.95. The van der Waals surface area contributed by atoms with Gasteiger partial charge in [0.15, 0.2) is 0 Å². The molecule has 0 aliphatic heterocycles. The van der Waals surface area contributed by atoms with Gasteiger partial charge in [-0.25, -0.2) is 0 Å². The van der Waals surface area contributed by atoms with E-state index in [-0.39, 0.29) is 17.7 Å². The third kappa shape index (κ3) is 11.1. The Labute approximate surface area is 80.7 Å². The molecular formula is C10H21NO2. The molecule has 0 aromatic heterocycles. The summed E-state index contributed by atoms with van der Waals surface area (Å²) in [5, 5.41) is 0. The Morgan fingerprint density at radius 1 is 1.08 bits per heavy atom. The van der Waals surface area contributed by atoms with Crippen molar-refractivity contribution in [2.45, 2.75) is 41.0 Å². The van der Waals surface area contributed by atoms with E-state index >= 15 is 0 Å². The lowest BCUT2D eigenvalue weighted by molar-refractivity contribution is -0.122. The van der Waals surface area contributed by atoms with Crippen LogP contribution in [0.25, 0.3) is 0 Å². The minimum atomic E-state index is -0.241. The molecule has 0 heterocycles. The fraction of sp³-hybridized carbons (Fsp3) is 0.800. The molecule has 0 fully saturated rings. The highest BCUT2D eigenvalue weighted by molar-refractivity contribution is 5.79. The molecule has 1 amide bonds. The van der Waals surface area contributed by atoms with Gasteiger partial charge in [-0.3, -0.25) is 9.59 Å². The van der Waals surface area contributed by atoms with Gasteiger partial charge < -0.3 is 5.73 Å². The third-order valence-corrected chi connectivity index (χ3v) is 1.56. The first-order valence-corrected chi connectivity index (χ1v) is 4.64. The first-order chi connectivity index (χ1) is 5.82. The smallest absolute Gasteiger partial charge is 0.219 e. The third-order valence-electron chi connectivity index (χ3n) is 1.56. The molecule has 0 unspecified atom stereocenters. The molecule has 0 saturated carbocycles. The molecule has 0 aliphatic carbocycles. The first-order valence-electron chi connectivity index (χ1n) is 4.64. The molecule has 3 heteroatoms. The van der Waals surface area contributed by atoms with Gasteiger partial charge >= 0.3 is 0 Å². The van der Waals surface area contributed by atoms with Gasteiger partial charge in [0.25, 0.3) is 0 Å². The van der Waals surface area contributed by atoms with Crippen LogP contribution in [0.15, 0.2) is 0 Å². The Kier molecular flexibility index (Phi) is 8.76. The Bertz CT molecular complexity index is 162. The fourth-order valence-corrected chi connectivity index (χ4v) is 0.408. The lowest BCUT2D eigenvalue weighted by Crippen LogP contribution is -2.17. The van der Waals surface area contributed by atoms with Crippen LogP contribution in [-0.2, 0) is 9.59 Å². The molecule has 2 N–H and O–H groups in total. The first kappa shape index (κ1) is 14.7. The Morgan fingerprint density at radius 2 is 1.38 bits per heavy atom. The predicted octanol–water partition coefficient (Wildman–Crippen LogP) is 1.75. The van der Waals surface area contributed by atoms with E-state index in [1.807, 2.05) is 20.8 Å². The summed E-state index contributed by atoms with van der Waals surface area (Å²) in [5.41, 5.74) is 4.80. The molecule has 0 aromatic carbocycles. The molecule has 13 heavy (non-hydrogen) atoms. The standard InChI is InChI=1S/C6H12O.C4H9NO/c1-4-6(7)5(2)3;1-3(2)4(5)6/h5H,4H2,1-3H3;3H,1-2H3,(H2,5,6). The monoisotopic (exact) mass is 187 g/mol. The fourth-order valence-electron chi connectivity index (χ4n) is 0.408. The molecule has 0 rings (SSSR count). The van der Waals surface area contributed by atoms with E-state index in [9.17, 15) is 9.59 Å². The summed E-state index contributed by atoms with van der Waals surface area (Å²) < 4.78 is 0. The highest BCUT2D eigenvalue weighted by Gasteiger charge is 2.00. The van der Waals surface area contributed by atoms with Gasteiger partial charge in [0.05, 0.1) is 0 Å². The maximum atomic E-state index is 10.5. The Morgan fingerprint density at radius 3 is 1.38 bits per heavy atom. The average molecular weight is 187 g/mol. The quantitative estimate of drug-likeness (QED) is 0.731. The van der Waals surface area contributed by atoms with Crippen molar-refractivity contribution in [3.8, 4) is 0 Å². The highest BCUT2D eigenvalue weighted by atomic mass is 16.1. The van der Waals surface area contributed by atoms with E-state index in [1.165, 1.54) is 0 Å². The number of primary amides is 1. The zero-order chi connectivity index (χ0) is 11.0. The van der Waals surface area contributed by atoms with Crippen LogP contribution in [0.1, 0.15) is 41.0 Å². The van der Waals surface area contributed by atoms with Crippen molar-refractivity contribution in [2.75, 3.05) is 0 Å². The summed E-state index contributed by atoms with van der Waals surface area (Å²) in [5.74, 6) is 0.324. The number of amides is 1. The van der Waals surface area contributed by atoms with Crippen molar-refractivity contribution >= 4 is 11.7 Å². The van der Waals surface area contributed by atoms with Gasteiger partial charge in [-0.05, 0) is 0 Å². The van der Waals surface area contributed by atoms with Gasteiger partial charge in [-0.15, -0.1) is 0 Å². The lowest BCUT2D eigenvalue weighted by atomic mass is 10.1. The summed E-state index contributed by atoms with van der Waals surface area (Å²) in [6, 6.07) is 0. The molecular weight excluding hydrogens is 166 g/mol. The minimum absolute atomic E-state index is 0.00926. The van der Waals surface area contributed by atoms with Crippen molar-refractivity contribution in [3.63, 3.8) is 0 Å². The number of hydrogen-bond acceptors (Lipinski definition) is 2.